The van der Waals surface area contributed by atoms with Gasteiger partial charge < -0.3 is 14.6 Å². The van der Waals surface area contributed by atoms with Gasteiger partial charge in [0.2, 0.25) is 0 Å². The molecule has 0 fully saturated rings. The van der Waals surface area contributed by atoms with Crippen LogP contribution in [-0.2, 0) is 16.7 Å². The molecule has 0 aliphatic carbocycles. The Balaban J connectivity index is 2.10. The second-order valence-electron chi connectivity index (χ2n) is 6.18. The van der Waals surface area contributed by atoms with Gasteiger partial charge in [-0.2, -0.15) is 0 Å². The van der Waals surface area contributed by atoms with E-state index in [-0.39, 0.29) is 5.41 Å². The Kier molecular flexibility index (Phi) is 5.15. The average Bonchev–Trinajstić information content (AvgIpc) is 2.91. The molecule has 0 amide bonds. The summed E-state index contributed by atoms with van der Waals surface area (Å²) in [4.78, 5) is 0. The van der Waals surface area contributed by atoms with E-state index < -0.39 is 0 Å². The standard InChI is InChI=1S/C17H24N2O2/c1-17(2,3)15-7-5-13(6-8-15)16-14(12-19-21-16)11-18-9-10-20-4/h5-8,12,18H,9-11H2,1-4H3. The largest absolute Gasteiger partial charge is 0.383 e. The fourth-order valence-corrected chi connectivity index (χ4v) is 2.14. The number of methoxy groups -OCH3 is 1. The Morgan fingerprint density at radius 3 is 2.52 bits per heavy atom. The van der Waals surface area contributed by atoms with Crippen molar-refractivity contribution < 1.29 is 9.26 Å². The molecule has 4 nitrogen and oxygen atoms in total. The van der Waals surface area contributed by atoms with Crippen molar-refractivity contribution in [2.45, 2.75) is 32.7 Å². The van der Waals surface area contributed by atoms with E-state index in [2.05, 4.69) is 55.5 Å². The lowest BCUT2D eigenvalue weighted by molar-refractivity contribution is 0.199. The Morgan fingerprint density at radius 2 is 1.90 bits per heavy atom. The van der Waals surface area contributed by atoms with Crippen LogP contribution >= 0.6 is 0 Å². The van der Waals surface area contributed by atoms with Gasteiger partial charge in [-0.05, 0) is 11.0 Å². The van der Waals surface area contributed by atoms with Crippen molar-refractivity contribution >= 4 is 0 Å². The number of nitrogens with one attached hydrogen (secondary N) is 1. The van der Waals surface area contributed by atoms with Gasteiger partial charge in [-0.15, -0.1) is 0 Å². The van der Waals surface area contributed by atoms with E-state index in [0.29, 0.717) is 6.61 Å². The van der Waals surface area contributed by atoms with Crippen LogP contribution in [0, 0.1) is 0 Å². The van der Waals surface area contributed by atoms with Crippen LogP contribution in [0.4, 0.5) is 0 Å². The zero-order valence-corrected chi connectivity index (χ0v) is 13.3. The fourth-order valence-electron chi connectivity index (χ4n) is 2.14. The van der Waals surface area contributed by atoms with E-state index >= 15 is 0 Å². The molecule has 4 heteroatoms. The number of hydrogen-bond acceptors (Lipinski definition) is 4. The topological polar surface area (TPSA) is 47.3 Å². The summed E-state index contributed by atoms with van der Waals surface area (Å²) in [5, 5.41) is 7.23. The van der Waals surface area contributed by atoms with Crippen LogP contribution in [0.3, 0.4) is 0 Å². The van der Waals surface area contributed by atoms with Gasteiger partial charge >= 0.3 is 0 Å². The maximum Gasteiger partial charge on any atom is 0.171 e. The third kappa shape index (κ3) is 4.16. The molecule has 2 aromatic rings. The summed E-state index contributed by atoms with van der Waals surface area (Å²) < 4.78 is 10.4. The molecule has 2 rings (SSSR count). The first-order chi connectivity index (χ1) is 10.0. The first kappa shape index (κ1) is 15.7. The van der Waals surface area contributed by atoms with Crippen LogP contribution < -0.4 is 5.32 Å². The summed E-state index contributed by atoms with van der Waals surface area (Å²) >= 11 is 0. The second kappa shape index (κ2) is 6.87. The molecule has 0 aliphatic heterocycles. The van der Waals surface area contributed by atoms with Crippen LogP contribution in [0.5, 0.6) is 0 Å². The van der Waals surface area contributed by atoms with Gasteiger partial charge in [-0.1, -0.05) is 50.2 Å². The van der Waals surface area contributed by atoms with Gasteiger partial charge in [-0.25, -0.2) is 0 Å². The molecule has 0 bridgehead atoms. The molecule has 0 saturated heterocycles. The van der Waals surface area contributed by atoms with E-state index in [4.69, 9.17) is 9.26 Å². The molecular weight excluding hydrogens is 264 g/mol. The number of benzene rings is 1. The van der Waals surface area contributed by atoms with Crippen molar-refractivity contribution in [3.8, 4) is 11.3 Å². The monoisotopic (exact) mass is 288 g/mol. The van der Waals surface area contributed by atoms with Gasteiger partial charge in [0.25, 0.3) is 0 Å². The number of aromatic nitrogens is 1. The van der Waals surface area contributed by atoms with Crippen LogP contribution in [0.1, 0.15) is 31.9 Å². The van der Waals surface area contributed by atoms with Crippen molar-refractivity contribution in [1.82, 2.24) is 10.5 Å². The van der Waals surface area contributed by atoms with Crippen molar-refractivity contribution in [2.24, 2.45) is 0 Å². The van der Waals surface area contributed by atoms with Crippen LogP contribution in [0.25, 0.3) is 11.3 Å². The second-order valence-corrected chi connectivity index (χ2v) is 6.18. The smallest absolute Gasteiger partial charge is 0.171 e. The maximum atomic E-state index is 5.41. The predicted octanol–water partition coefficient (Wildman–Crippen LogP) is 3.38. The molecule has 1 aromatic carbocycles. The zero-order chi connectivity index (χ0) is 15.3. The Labute approximate surface area is 126 Å². The van der Waals surface area contributed by atoms with Crippen LogP contribution in [-0.4, -0.2) is 25.4 Å². The predicted molar refractivity (Wildman–Crippen MR) is 84.2 cm³/mol. The quantitative estimate of drug-likeness (QED) is 0.828. The number of hydrogen-bond donors (Lipinski definition) is 1. The SMILES string of the molecule is COCCNCc1cnoc1-c1ccc(C(C)(C)C)cc1. The number of nitrogens with zero attached hydrogens (tertiary/aromatic N) is 1. The molecule has 0 unspecified atom stereocenters. The van der Waals surface area contributed by atoms with E-state index in [0.717, 1.165) is 30.0 Å². The minimum Gasteiger partial charge on any atom is -0.383 e. The highest BCUT2D eigenvalue weighted by atomic mass is 16.5. The summed E-state index contributed by atoms with van der Waals surface area (Å²) in [6.45, 7) is 8.86. The highest BCUT2D eigenvalue weighted by molar-refractivity contribution is 5.61. The fraction of sp³-hybridized carbons (Fsp3) is 0.471. The molecule has 1 aromatic heterocycles. The van der Waals surface area contributed by atoms with E-state index in [1.807, 2.05) is 0 Å². The molecule has 0 spiro atoms. The molecule has 0 atom stereocenters. The summed E-state index contributed by atoms with van der Waals surface area (Å²) in [6.07, 6.45) is 1.77. The average molecular weight is 288 g/mol. The Bertz CT molecular complexity index is 553. The highest BCUT2D eigenvalue weighted by Gasteiger charge is 2.15. The van der Waals surface area contributed by atoms with Crippen molar-refractivity contribution in [3.05, 3.63) is 41.6 Å². The molecule has 1 N–H and O–H groups in total. The number of rotatable bonds is 6. The molecule has 0 saturated carbocycles. The van der Waals surface area contributed by atoms with E-state index in [1.54, 1.807) is 13.3 Å². The first-order valence-electron chi connectivity index (χ1n) is 7.26. The van der Waals surface area contributed by atoms with Crippen LogP contribution in [0.15, 0.2) is 35.0 Å². The van der Waals surface area contributed by atoms with Gasteiger partial charge in [0.05, 0.1) is 12.8 Å². The van der Waals surface area contributed by atoms with Crippen molar-refractivity contribution in [2.75, 3.05) is 20.3 Å². The third-order valence-corrected chi connectivity index (χ3v) is 3.46. The van der Waals surface area contributed by atoms with Gasteiger partial charge in [0.1, 0.15) is 0 Å². The summed E-state index contributed by atoms with van der Waals surface area (Å²) in [5.74, 6) is 0.834. The van der Waals surface area contributed by atoms with Gasteiger partial charge in [-0.3, -0.25) is 0 Å². The van der Waals surface area contributed by atoms with Crippen molar-refractivity contribution in [3.63, 3.8) is 0 Å². The summed E-state index contributed by atoms with van der Waals surface area (Å²) in [6, 6.07) is 8.50. The van der Waals surface area contributed by atoms with Gasteiger partial charge in [0, 0.05) is 31.3 Å². The Morgan fingerprint density at radius 1 is 1.19 bits per heavy atom. The minimum atomic E-state index is 0.157. The third-order valence-electron chi connectivity index (χ3n) is 3.46. The van der Waals surface area contributed by atoms with E-state index in [9.17, 15) is 0 Å². The zero-order valence-electron chi connectivity index (χ0n) is 13.3. The summed E-state index contributed by atoms with van der Waals surface area (Å²) in [5.41, 5.74) is 3.59. The lowest BCUT2D eigenvalue weighted by Gasteiger charge is -2.18. The lowest BCUT2D eigenvalue weighted by atomic mass is 9.86. The summed E-state index contributed by atoms with van der Waals surface area (Å²) in [7, 11) is 1.70. The maximum absolute atomic E-state index is 5.41. The Hall–Kier alpha value is -1.65. The van der Waals surface area contributed by atoms with Crippen molar-refractivity contribution in [1.29, 1.82) is 0 Å². The lowest BCUT2D eigenvalue weighted by Crippen LogP contribution is -2.18. The molecule has 1 heterocycles. The molecular formula is C17H24N2O2. The van der Waals surface area contributed by atoms with E-state index in [1.165, 1.54) is 5.56 Å². The normalized spacial score (nSPS) is 11.8. The first-order valence-corrected chi connectivity index (χ1v) is 7.26. The minimum absolute atomic E-state index is 0.157. The molecule has 0 radical (unpaired) electrons. The number of ether oxygens (including phenoxy) is 1. The van der Waals surface area contributed by atoms with Crippen LogP contribution in [0.2, 0.25) is 0 Å². The molecule has 114 valence electrons. The highest BCUT2D eigenvalue weighted by Crippen LogP contribution is 2.27. The molecule has 21 heavy (non-hydrogen) atoms. The van der Waals surface area contributed by atoms with Gasteiger partial charge in [0.15, 0.2) is 5.76 Å². The molecule has 0 aliphatic rings.